The molecule has 2 rings (SSSR count). The molecule has 0 unspecified atom stereocenters. The molecule has 0 saturated carbocycles. The van der Waals surface area contributed by atoms with Gasteiger partial charge in [-0.1, -0.05) is 38.8 Å². The molecular weight excluding hydrogens is 606 g/mol. The maximum atomic E-state index is 12.5. The molecule has 0 bridgehead atoms. The summed E-state index contributed by atoms with van der Waals surface area (Å²) in [4.78, 5) is 23.9. The largest absolute Gasteiger partial charge is 0.506 e. The van der Waals surface area contributed by atoms with Crippen LogP contribution in [0.1, 0.15) is 25.0 Å². The minimum absolute atomic E-state index is 0.0106. The van der Waals surface area contributed by atoms with E-state index in [4.69, 9.17) is 9.47 Å². The van der Waals surface area contributed by atoms with Crippen LogP contribution in [0.2, 0.25) is 0 Å². The summed E-state index contributed by atoms with van der Waals surface area (Å²) in [6, 6.07) is 10.4. The smallest absolute Gasteiger partial charge is 0.412 e. The molecule has 0 heterocycles. The zero-order valence-corrected chi connectivity index (χ0v) is 21.6. The van der Waals surface area contributed by atoms with Crippen molar-refractivity contribution in [2.45, 2.75) is 19.4 Å². The Morgan fingerprint density at radius 1 is 1.13 bits per heavy atom. The zero-order chi connectivity index (χ0) is 22.3. The van der Waals surface area contributed by atoms with E-state index in [9.17, 15) is 14.7 Å². The highest BCUT2D eigenvalue weighted by molar-refractivity contribution is 9.11. The number of phenols is 1. The predicted octanol–water partition coefficient (Wildman–Crippen LogP) is 6.47. The Morgan fingerprint density at radius 2 is 1.80 bits per heavy atom. The molecule has 0 radical (unpaired) electrons. The summed E-state index contributed by atoms with van der Waals surface area (Å²) in [5.41, 5.74) is 0.993. The van der Waals surface area contributed by atoms with Gasteiger partial charge in [-0.25, -0.2) is 4.79 Å². The number of aromatic hydroxyl groups is 1. The third kappa shape index (κ3) is 7.47. The summed E-state index contributed by atoms with van der Waals surface area (Å²) in [5.74, 6) is -0.730. The third-order valence-corrected chi connectivity index (χ3v) is 6.02. The van der Waals surface area contributed by atoms with Crippen molar-refractivity contribution in [2.75, 3.05) is 17.7 Å². The Balaban J connectivity index is 2.21. The fourth-order valence-corrected chi connectivity index (χ4v) is 4.25. The molecule has 2 aromatic carbocycles. The van der Waals surface area contributed by atoms with Crippen molar-refractivity contribution in [2.24, 2.45) is 5.92 Å². The number of nitrogens with one attached hydrogen (secondary N) is 1. The van der Waals surface area contributed by atoms with E-state index in [-0.39, 0.29) is 24.0 Å². The summed E-state index contributed by atoms with van der Waals surface area (Å²) in [6.07, 6.45) is -1.04. The van der Waals surface area contributed by atoms with Gasteiger partial charge in [-0.05, 0) is 58.7 Å². The summed E-state index contributed by atoms with van der Waals surface area (Å²) >= 11 is 13.9. The molecule has 0 saturated heterocycles. The van der Waals surface area contributed by atoms with Crippen molar-refractivity contribution < 1.29 is 24.2 Å². The Hall–Kier alpha value is -1.23. The lowest BCUT2D eigenvalue weighted by atomic mass is 9.94. The maximum Gasteiger partial charge on any atom is 0.412 e. The van der Waals surface area contributed by atoms with Gasteiger partial charge in [-0.2, -0.15) is 12.6 Å². The Labute approximate surface area is 205 Å². The lowest BCUT2D eigenvalue weighted by Crippen LogP contribution is -2.23. The summed E-state index contributed by atoms with van der Waals surface area (Å²) < 4.78 is 12.8. The molecule has 0 fully saturated rings. The number of hydrogen-bond acceptors (Lipinski definition) is 6. The second kappa shape index (κ2) is 12.0. The van der Waals surface area contributed by atoms with Crippen LogP contribution in [0.15, 0.2) is 49.8 Å². The van der Waals surface area contributed by atoms with Crippen LogP contribution in [-0.2, 0) is 14.3 Å². The maximum absolute atomic E-state index is 12.5. The number of esters is 1. The normalized spacial score (nSPS) is 12.7. The van der Waals surface area contributed by atoms with Gasteiger partial charge in [0.2, 0.25) is 0 Å². The molecule has 0 aliphatic heterocycles. The number of ether oxygens (including phenoxy) is 2. The first kappa shape index (κ1) is 25.0. The monoisotopic (exact) mass is 623 g/mol. The first-order valence-corrected chi connectivity index (χ1v) is 11.9. The van der Waals surface area contributed by atoms with Crippen molar-refractivity contribution >= 4 is 78.2 Å². The van der Waals surface area contributed by atoms with Crippen molar-refractivity contribution in [1.82, 2.24) is 0 Å². The minimum atomic E-state index is -0.788. The lowest BCUT2D eigenvalue weighted by molar-refractivity contribution is -0.141. The summed E-state index contributed by atoms with van der Waals surface area (Å²) in [6.45, 7) is 1.99. The van der Waals surface area contributed by atoms with E-state index in [1.165, 1.54) is 0 Å². The second-order valence-corrected chi connectivity index (χ2v) is 9.43. The van der Waals surface area contributed by atoms with E-state index in [0.29, 0.717) is 26.6 Å². The summed E-state index contributed by atoms with van der Waals surface area (Å²) in [7, 11) is 0. The SMILES string of the molecule is C[C@@H](CCOC(=O)CS)[C@@H](OC(=O)Nc1ccc(Br)cc1)c1cc(Br)cc(Br)c1O. The number of anilines is 1. The Bertz CT molecular complexity index is 895. The molecule has 0 aliphatic rings. The first-order chi connectivity index (χ1) is 14.2. The molecule has 1 amide bonds. The molecule has 0 spiro atoms. The Morgan fingerprint density at radius 3 is 2.43 bits per heavy atom. The van der Waals surface area contributed by atoms with Crippen LogP contribution in [0.4, 0.5) is 10.5 Å². The zero-order valence-electron chi connectivity index (χ0n) is 15.9. The van der Waals surface area contributed by atoms with Crippen LogP contribution < -0.4 is 5.32 Å². The molecule has 2 N–H and O–H groups in total. The van der Waals surface area contributed by atoms with Gasteiger partial charge < -0.3 is 14.6 Å². The van der Waals surface area contributed by atoms with Gasteiger partial charge in [0.05, 0.1) is 16.8 Å². The fourth-order valence-electron chi connectivity index (χ4n) is 2.64. The number of benzene rings is 2. The standard InChI is InChI=1S/C20H20Br3NO5S/c1-11(6-7-28-17(25)10-30)19(15-8-13(22)9-16(23)18(15)26)29-20(27)24-14-4-2-12(21)3-5-14/h2-5,8-9,11,19,26,30H,6-7,10H2,1H3,(H,24,27)/t11-,19+/m0/s1. The fraction of sp³-hybridized carbons (Fsp3) is 0.300. The number of thiol groups is 1. The molecule has 162 valence electrons. The van der Waals surface area contributed by atoms with Crippen LogP contribution in [0.5, 0.6) is 5.75 Å². The quantitative estimate of drug-likeness (QED) is 0.231. The number of rotatable bonds is 8. The lowest BCUT2D eigenvalue weighted by Gasteiger charge is -2.26. The molecule has 10 heteroatoms. The number of amides is 1. The molecule has 0 aliphatic carbocycles. The molecule has 2 aromatic rings. The molecule has 6 nitrogen and oxygen atoms in total. The van der Waals surface area contributed by atoms with Crippen molar-refractivity contribution in [1.29, 1.82) is 0 Å². The van der Waals surface area contributed by atoms with Gasteiger partial charge in [-0.15, -0.1) is 0 Å². The highest BCUT2D eigenvalue weighted by Crippen LogP contribution is 2.40. The van der Waals surface area contributed by atoms with E-state index < -0.39 is 18.2 Å². The van der Waals surface area contributed by atoms with Gasteiger partial charge in [0.15, 0.2) is 0 Å². The van der Waals surface area contributed by atoms with E-state index in [1.54, 1.807) is 36.4 Å². The highest BCUT2D eigenvalue weighted by atomic mass is 79.9. The van der Waals surface area contributed by atoms with Crippen LogP contribution in [0, 0.1) is 5.92 Å². The summed E-state index contributed by atoms with van der Waals surface area (Å²) in [5, 5.41) is 13.2. The van der Waals surface area contributed by atoms with Gasteiger partial charge in [0.1, 0.15) is 11.9 Å². The van der Waals surface area contributed by atoms with Crippen LogP contribution in [-0.4, -0.2) is 29.5 Å². The van der Waals surface area contributed by atoms with E-state index in [0.717, 1.165) is 4.47 Å². The topological polar surface area (TPSA) is 84.9 Å². The Kier molecular flexibility index (Phi) is 9.99. The van der Waals surface area contributed by atoms with Crippen molar-refractivity contribution in [3.63, 3.8) is 0 Å². The molecule has 0 aromatic heterocycles. The highest BCUT2D eigenvalue weighted by Gasteiger charge is 2.28. The molecular formula is C20H20Br3NO5S. The minimum Gasteiger partial charge on any atom is -0.506 e. The number of carbonyl (C=O) groups excluding carboxylic acids is 2. The third-order valence-electron chi connectivity index (χ3n) is 4.17. The van der Waals surface area contributed by atoms with Crippen LogP contribution >= 0.6 is 60.4 Å². The van der Waals surface area contributed by atoms with Crippen molar-refractivity contribution in [3.8, 4) is 5.75 Å². The van der Waals surface area contributed by atoms with Crippen molar-refractivity contribution in [3.05, 3.63) is 55.4 Å². The average Bonchev–Trinajstić information content (AvgIpc) is 2.70. The van der Waals surface area contributed by atoms with Gasteiger partial charge in [0, 0.05) is 26.1 Å². The molecule has 30 heavy (non-hydrogen) atoms. The number of halogens is 3. The number of carbonyl (C=O) groups is 2. The number of phenolic OH excluding ortho intramolecular Hbond substituents is 1. The first-order valence-electron chi connectivity index (χ1n) is 8.88. The predicted molar refractivity (Wildman–Crippen MR) is 129 cm³/mol. The van der Waals surface area contributed by atoms with E-state index in [1.807, 2.05) is 6.92 Å². The van der Waals surface area contributed by atoms with Gasteiger partial charge >= 0.3 is 12.1 Å². The van der Waals surface area contributed by atoms with E-state index in [2.05, 4.69) is 65.7 Å². The number of hydrogen-bond donors (Lipinski definition) is 3. The second-order valence-electron chi connectivity index (χ2n) is 6.43. The van der Waals surface area contributed by atoms with Gasteiger partial charge in [-0.3, -0.25) is 10.1 Å². The van der Waals surface area contributed by atoms with Crippen LogP contribution in [0.3, 0.4) is 0 Å². The molecule has 2 atom stereocenters. The van der Waals surface area contributed by atoms with Crippen LogP contribution in [0.25, 0.3) is 0 Å². The average molecular weight is 626 g/mol. The van der Waals surface area contributed by atoms with E-state index >= 15 is 0 Å². The van der Waals surface area contributed by atoms with Gasteiger partial charge in [0.25, 0.3) is 0 Å².